The predicted octanol–water partition coefficient (Wildman–Crippen LogP) is 4.39. The minimum atomic E-state index is -4.74. The van der Waals surface area contributed by atoms with Gasteiger partial charge in [0.05, 0.1) is 15.7 Å². The van der Waals surface area contributed by atoms with Crippen molar-refractivity contribution >= 4 is 39.6 Å². The number of aromatic amines is 1. The van der Waals surface area contributed by atoms with Crippen molar-refractivity contribution in [2.75, 3.05) is 14.1 Å². The minimum Gasteiger partial charge on any atom is -0.470 e. The Balaban J connectivity index is 1.66. The summed E-state index contributed by atoms with van der Waals surface area (Å²) in [5.74, 6) is 0.432. The molecule has 0 bridgehead atoms. The number of fused-ring (bicyclic) bond motifs is 3. The van der Waals surface area contributed by atoms with Gasteiger partial charge in [0.25, 0.3) is 0 Å². The molecular weight excluding hydrogens is 529 g/mol. The number of phosphoric ester groups is 1. The quantitative estimate of drug-likeness (QED) is 0.201. The topological polar surface area (TPSA) is 142 Å². The molecule has 0 aliphatic heterocycles. The lowest BCUT2D eigenvalue weighted by Gasteiger charge is -2.30. The van der Waals surface area contributed by atoms with Crippen LogP contribution in [0.5, 0.6) is 5.75 Å². The molecule has 1 aliphatic carbocycles. The van der Waals surface area contributed by atoms with Crippen LogP contribution in [0.25, 0.3) is 33.1 Å². The van der Waals surface area contributed by atoms with Gasteiger partial charge in [0.15, 0.2) is 16.1 Å². The molecule has 1 fully saturated rings. The van der Waals surface area contributed by atoms with Crippen LogP contribution in [-0.4, -0.2) is 64.7 Å². The van der Waals surface area contributed by atoms with Crippen molar-refractivity contribution in [3.05, 3.63) is 54.2 Å². The summed E-state index contributed by atoms with van der Waals surface area (Å²) < 4.78 is 48.5. The number of benzene rings is 2. The summed E-state index contributed by atoms with van der Waals surface area (Å²) >= 11 is 0. The Morgan fingerprint density at radius 1 is 1.16 bits per heavy atom. The van der Waals surface area contributed by atoms with Gasteiger partial charge in [-0.1, -0.05) is 12.1 Å². The van der Waals surface area contributed by atoms with Crippen LogP contribution < -0.4 is 4.74 Å². The third-order valence-corrected chi connectivity index (χ3v) is 9.47. The van der Waals surface area contributed by atoms with Crippen molar-refractivity contribution in [3.8, 4) is 16.9 Å². The number of rotatable bonds is 9. The Morgan fingerprint density at radius 2 is 1.89 bits per heavy atom. The first-order valence-electron chi connectivity index (χ1n) is 12.2. The van der Waals surface area contributed by atoms with E-state index in [0.717, 1.165) is 27.5 Å². The number of H-pyrrole nitrogens is 1. The van der Waals surface area contributed by atoms with Gasteiger partial charge in [-0.3, -0.25) is 9.42 Å². The zero-order chi connectivity index (χ0) is 27.4. The second kappa shape index (κ2) is 9.75. The highest BCUT2D eigenvalue weighted by Crippen LogP contribution is 2.42. The Morgan fingerprint density at radius 3 is 2.55 bits per heavy atom. The van der Waals surface area contributed by atoms with Crippen LogP contribution in [0.1, 0.15) is 25.3 Å². The molecule has 38 heavy (non-hydrogen) atoms. The average Bonchev–Trinajstić information content (AvgIpc) is 3.63. The molecular formula is C26H30N3O7PS. The van der Waals surface area contributed by atoms with Crippen LogP contribution in [0.2, 0.25) is 0 Å². The molecule has 1 saturated carbocycles. The van der Waals surface area contributed by atoms with Crippen LogP contribution in [0.3, 0.4) is 0 Å². The summed E-state index contributed by atoms with van der Waals surface area (Å²) in [6, 6.07) is 12.6. The molecule has 0 radical (unpaired) electrons. The summed E-state index contributed by atoms with van der Waals surface area (Å²) in [4.78, 5) is 28.5. The number of nitrogens with one attached hydrogen (secondary N) is 1. The zero-order valence-corrected chi connectivity index (χ0v) is 23.2. The molecule has 0 saturated heterocycles. The minimum absolute atomic E-state index is 0.302. The molecule has 5 rings (SSSR count). The lowest BCUT2D eigenvalue weighted by Crippen LogP contribution is -2.43. The van der Waals surface area contributed by atoms with Gasteiger partial charge in [0.1, 0.15) is 17.5 Å². The zero-order valence-electron chi connectivity index (χ0n) is 21.5. The maximum absolute atomic E-state index is 12.9. The summed E-state index contributed by atoms with van der Waals surface area (Å²) in [5.41, 5.74) is 3.76. The molecule has 0 spiro atoms. The summed E-state index contributed by atoms with van der Waals surface area (Å²) in [6.07, 6.45) is 1.33. The summed E-state index contributed by atoms with van der Waals surface area (Å²) in [5, 5.41) is 1.33. The summed E-state index contributed by atoms with van der Waals surface area (Å²) in [6.45, 7) is 3.47. The highest BCUT2D eigenvalue weighted by atomic mass is 32.2. The molecule has 1 unspecified atom stereocenters. The van der Waals surface area contributed by atoms with Crippen LogP contribution in [-0.2, 0) is 18.9 Å². The van der Waals surface area contributed by atoms with E-state index in [1.54, 1.807) is 49.5 Å². The fraction of sp³-hybridized carbons (Fsp3) is 0.346. The van der Waals surface area contributed by atoms with Gasteiger partial charge < -0.3 is 19.5 Å². The molecule has 4 aromatic rings. The van der Waals surface area contributed by atoms with Crippen molar-refractivity contribution in [2.24, 2.45) is 0 Å². The average molecular weight is 560 g/mol. The predicted molar refractivity (Wildman–Crippen MR) is 145 cm³/mol. The number of sulfone groups is 1. The number of likely N-dealkylation sites (N-methyl/N-ethyl adjacent to an activating group) is 1. The van der Waals surface area contributed by atoms with E-state index in [2.05, 4.69) is 9.97 Å². The number of phosphoric acid groups is 1. The number of pyridine rings is 1. The van der Waals surface area contributed by atoms with Gasteiger partial charge in [0.2, 0.25) is 0 Å². The first-order chi connectivity index (χ1) is 17.8. The van der Waals surface area contributed by atoms with Gasteiger partial charge in [-0.25, -0.2) is 18.0 Å². The molecule has 202 valence electrons. The molecule has 10 nitrogen and oxygen atoms in total. The van der Waals surface area contributed by atoms with Gasteiger partial charge in [-0.2, -0.15) is 0 Å². The van der Waals surface area contributed by atoms with Crippen molar-refractivity contribution < 1.29 is 32.0 Å². The highest BCUT2D eigenvalue weighted by Gasteiger charge is 2.37. The smallest absolute Gasteiger partial charge is 0.470 e. The van der Waals surface area contributed by atoms with E-state index < -0.39 is 30.0 Å². The number of aromatic nitrogens is 2. The van der Waals surface area contributed by atoms with Gasteiger partial charge in [-0.05, 0) is 87.8 Å². The van der Waals surface area contributed by atoms with E-state index in [1.165, 1.54) is 6.92 Å². The highest BCUT2D eigenvalue weighted by molar-refractivity contribution is 7.92. The molecule has 1 aliphatic rings. The van der Waals surface area contributed by atoms with Crippen LogP contribution in [0.4, 0.5) is 0 Å². The lowest BCUT2D eigenvalue weighted by molar-refractivity contribution is -0.0326. The van der Waals surface area contributed by atoms with E-state index >= 15 is 0 Å². The third kappa shape index (κ3) is 5.22. The Kier molecular flexibility index (Phi) is 6.88. The Hall–Kier alpha value is -2.79. The fourth-order valence-electron chi connectivity index (χ4n) is 4.74. The molecule has 3 N–H and O–H groups in total. The van der Waals surface area contributed by atoms with E-state index in [0.29, 0.717) is 34.7 Å². The number of hydrogen-bond donors (Lipinski definition) is 3. The van der Waals surface area contributed by atoms with E-state index in [-0.39, 0.29) is 5.25 Å². The standard InChI is InChI=1S/C26H30N3O7PS/c1-15-12-21-23-20(17-6-5-7-19(13-17)38(33,34)18-8-9-18)10-11-22(24(23)28-25(21)27-14-15)35-26(29(3)4)16(2)36-37(30,31)32/h5-7,10-14,16,18,26H,8-9H2,1-4H3,(H,27,28)(H2,30,31,32)/t16?,26-/m1/s1. The molecule has 2 atom stereocenters. The Labute approximate surface area is 220 Å². The number of ether oxygens (including phenoxy) is 1. The second-order valence-electron chi connectivity index (χ2n) is 9.94. The second-order valence-corrected chi connectivity index (χ2v) is 13.4. The van der Waals surface area contributed by atoms with Crippen LogP contribution in [0, 0.1) is 6.92 Å². The lowest BCUT2D eigenvalue weighted by atomic mass is 9.99. The Bertz CT molecular complexity index is 1680. The molecule has 2 aromatic carbocycles. The normalized spacial score (nSPS) is 16.3. The number of nitrogens with zero attached hydrogens (tertiary/aromatic N) is 2. The number of aryl methyl sites for hydroxylation is 1. The largest absolute Gasteiger partial charge is 0.470 e. The van der Waals surface area contributed by atoms with E-state index in [9.17, 15) is 22.8 Å². The van der Waals surface area contributed by atoms with E-state index in [1.807, 2.05) is 25.1 Å². The maximum atomic E-state index is 12.9. The molecule has 2 heterocycles. The first-order valence-corrected chi connectivity index (χ1v) is 15.3. The monoisotopic (exact) mass is 559 g/mol. The van der Waals surface area contributed by atoms with Crippen LogP contribution >= 0.6 is 7.82 Å². The van der Waals surface area contributed by atoms with Crippen molar-refractivity contribution in [3.63, 3.8) is 0 Å². The van der Waals surface area contributed by atoms with Gasteiger partial charge >= 0.3 is 7.82 Å². The molecule has 0 amide bonds. The SMILES string of the molecule is Cc1cnc2[nH]c3c(O[C@H](C(C)OP(=O)(O)O)N(C)C)ccc(-c4cccc(S(=O)(=O)C5CC5)c4)c3c2c1. The number of hydrogen-bond acceptors (Lipinski definition) is 7. The van der Waals surface area contributed by atoms with Crippen LogP contribution in [0.15, 0.2) is 53.6 Å². The fourth-order valence-corrected chi connectivity index (χ4v) is 6.97. The maximum Gasteiger partial charge on any atom is 0.470 e. The van der Waals surface area contributed by atoms with Crippen molar-refractivity contribution in [1.82, 2.24) is 14.9 Å². The third-order valence-electron chi connectivity index (χ3n) is 6.60. The molecule has 12 heteroatoms. The van der Waals surface area contributed by atoms with E-state index in [4.69, 9.17) is 9.26 Å². The van der Waals surface area contributed by atoms with Gasteiger partial charge in [0, 0.05) is 17.0 Å². The van der Waals surface area contributed by atoms with Gasteiger partial charge in [-0.15, -0.1) is 0 Å². The van der Waals surface area contributed by atoms with Crippen molar-refractivity contribution in [2.45, 2.75) is 49.2 Å². The summed E-state index contributed by atoms with van der Waals surface area (Å²) in [7, 11) is -4.67. The first kappa shape index (κ1) is 26.8. The molecule has 2 aromatic heterocycles. The van der Waals surface area contributed by atoms with Crippen molar-refractivity contribution in [1.29, 1.82) is 0 Å².